The third kappa shape index (κ3) is 7.63. The number of phenolic OH excluding ortho intramolecular Hbond substituents is 1. The molecule has 0 unspecified atom stereocenters. The van der Waals surface area contributed by atoms with Crippen LogP contribution in [-0.2, 0) is 33.3 Å². The van der Waals surface area contributed by atoms with E-state index in [0.29, 0.717) is 5.56 Å². The van der Waals surface area contributed by atoms with Crippen molar-refractivity contribution >= 4 is 24.0 Å². The fourth-order valence-electron chi connectivity index (χ4n) is 3.91. The topological polar surface area (TPSA) is 230 Å². The molecule has 2 heterocycles. The zero-order valence-corrected chi connectivity index (χ0v) is 20.3. The zero-order valence-electron chi connectivity index (χ0n) is 20.3. The van der Waals surface area contributed by atoms with Crippen LogP contribution < -0.4 is 0 Å². The van der Waals surface area contributed by atoms with Crippen molar-refractivity contribution in [2.24, 2.45) is 5.92 Å². The SMILES string of the molecule is O=C(O)C[C@@H]1C(C(=O)O)=CO[C@H](O[C@@H]2O[C@@H](CO)[C@@H](O)[C@@H](O)[C@H]2O)C1=CCOC(=O)C=Cc1ccc(O)cc1. The van der Waals surface area contributed by atoms with E-state index in [-0.39, 0.29) is 11.3 Å². The monoisotopic (exact) mass is 552 g/mol. The highest BCUT2D eigenvalue weighted by Gasteiger charge is 2.46. The second kappa shape index (κ2) is 13.3. The summed E-state index contributed by atoms with van der Waals surface area (Å²) in [4.78, 5) is 35.4. The molecule has 0 bridgehead atoms. The molecule has 1 saturated heterocycles. The van der Waals surface area contributed by atoms with E-state index in [1.807, 2.05) is 0 Å². The first kappa shape index (κ1) is 29.8. The quantitative estimate of drug-likeness (QED) is 0.106. The summed E-state index contributed by atoms with van der Waals surface area (Å²) < 4.78 is 21.3. The van der Waals surface area contributed by atoms with Gasteiger partial charge in [0, 0.05) is 17.6 Å². The lowest BCUT2D eigenvalue weighted by Gasteiger charge is -2.41. The van der Waals surface area contributed by atoms with Crippen molar-refractivity contribution in [3.63, 3.8) is 0 Å². The lowest BCUT2D eigenvalue weighted by Crippen LogP contribution is -2.60. The lowest BCUT2D eigenvalue weighted by atomic mass is 9.86. The first-order valence-corrected chi connectivity index (χ1v) is 11.6. The molecule has 1 aromatic carbocycles. The number of aliphatic hydroxyl groups is 4. The number of aliphatic carboxylic acids is 2. The Kier molecular flexibility index (Phi) is 10.2. The molecule has 3 rings (SSSR count). The number of ether oxygens (including phenoxy) is 4. The van der Waals surface area contributed by atoms with Crippen molar-refractivity contribution in [1.29, 1.82) is 0 Å². The molecule has 0 aliphatic carbocycles. The molecule has 39 heavy (non-hydrogen) atoms. The van der Waals surface area contributed by atoms with Crippen LogP contribution in [0.4, 0.5) is 0 Å². The van der Waals surface area contributed by atoms with Crippen molar-refractivity contribution < 1.29 is 69.1 Å². The summed E-state index contributed by atoms with van der Waals surface area (Å²) >= 11 is 0. The van der Waals surface area contributed by atoms with Gasteiger partial charge in [-0.2, -0.15) is 0 Å². The second-order valence-electron chi connectivity index (χ2n) is 8.59. The van der Waals surface area contributed by atoms with Crippen LogP contribution in [-0.4, -0.2) is 104 Å². The highest BCUT2D eigenvalue weighted by atomic mass is 16.8. The summed E-state index contributed by atoms with van der Waals surface area (Å²) in [5.74, 6) is -4.91. The molecule has 2 aliphatic rings. The van der Waals surface area contributed by atoms with Gasteiger partial charge in [0.2, 0.25) is 6.29 Å². The summed E-state index contributed by atoms with van der Waals surface area (Å²) in [6, 6.07) is 5.95. The standard InChI is InChI=1S/C25H28O14/c26-10-17-20(31)21(32)22(33)25(38-17)39-24-14(15(9-18(28)29)16(11-37-24)23(34)35)7-8-36-19(30)6-3-12-1-4-13(27)5-2-12/h1-7,11,15,17,20-22,24-27,31-33H,8-10H2,(H,28,29)(H,34,35)/t15-,17-,20+,21+,22+,24+,25-/m0/s1. The van der Waals surface area contributed by atoms with Crippen LogP contribution in [0.2, 0.25) is 0 Å². The maximum Gasteiger partial charge on any atom is 0.335 e. The van der Waals surface area contributed by atoms with Gasteiger partial charge in [0.25, 0.3) is 0 Å². The summed E-state index contributed by atoms with van der Waals surface area (Å²) in [5.41, 5.74) is 0.0648. The largest absolute Gasteiger partial charge is 0.508 e. The number of phenols is 1. The van der Waals surface area contributed by atoms with Crippen LogP contribution in [0, 0.1) is 5.92 Å². The van der Waals surface area contributed by atoms with Crippen molar-refractivity contribution in [2.45, 2.75) is 43.4 Å². The number of carbonyl (C=O) groups excluding carboxylic acids is 1. The molecule has 0 aromatic heterocycles. The molecule has 7 atom stereocenters. The highest BCUT2D eigenvalue weighted by Crippen LogP contribution is 2.35. The fraction of sp³-hybridized carbons (Fsp3) is 0.400. The Bertz CT molecular complexity index is 1120. The maximum atomic E-state index is 12.2. The molecule has 0 amide bonds. The minimum Gasteiger partial charge on any atom is -0.508 e. The molecule has 2 aliphatic heterocycles. The van der Waals surface area contributed by atoms with E-state index in [1.165, 1.54) is 24.3 Å². The van der Waals surface area contributed by atoms with Gasteiger partial charge in [-0.25, -0.2) is 9.59 Å². The lowest BCUT2D eigenvalue weighted by molar-refractivity contribution is -0.327. The van der Waals surface area contributed by atoms with Gasteiger partial charge in [-0.15, -0.1) is 0 Å². The van der Waals surface area contributed by atoms with Crippen LogP contribution in [0.5, 0.6) is 5.75 Å². The number of esters is 1. The summed E-state index contributed by atoms with van der Waals surface area (Å²) in [5, 5.41) is 67.9. The second-order valence-corrected chi connectivity index (χ2v) is 8.59. The van der Waals surface area contributed by atoms with Crippen LogP contribution in [0.15, 0.2) is 53.8 Å². The van der Waals surface area contributed by atoms with E-state index in [4.69, 9.17) is 18.9 Å². The average Bonchev–Trinajstić information content (AvgIpc) is 2.89. The number of aromatic hydroxyl groups is 1. The van der Waals surface area contributed by atoms with Crippen LogP contribution in [0.3, 0.4) is 0 Å². The normalized spacial score (nSPS) is 30.0. The van der Waals surface area contributed by atoms with Crippen molar-refractivity contribution in [3.8, 4) is 5.75 Å². The van der Waals surface area contributed by atoms with Crippen molar-refractivity contribution in [3.05, 3.63) is 59.4 Å². The Morgan fingerprint density at radius 1 is 1.00 bits per heavy atom. The molecular weight excluding hydrogens is 524 g/mol. The first-order chi connectivity index (χ1) is 18.5. The molecule has 14 nitrogen and oxygen atoms in total. The highest BCUT2D eigenvalue weighted by molar-refractivity contribution is 5.89. The molecule has 0 spiro atoms. The minimum absolute atomic E-state index is 0.0437. The smallest absolute Gasteiger partial charge is 0.335 e. The van der Waals surface area contributed by atoms with Crippen LogP contribution in [0.25, 0.3) is 6.08 Å². The number of carboxylic acids is 2. The van der Waals surface area contributed by atoms with E-state index < -0.39 is 86.0 Å². The maximum absolute atomic E-state index is 12.2. The molecule has 14 heteroatoms. The van der Waals surface area contributed by atoms with Crippen LogP contribution in [0.1, 0.15) is 12.0 Å². The van der Waals surface area contributed by atoms with Gasteiger partial charge in [0.15, 0.2) is 6.29 Å². The zero-order chi connectivity index (χ0) is 28.7. The predicted molar refractivity (Wildman–Crippen MR) is 127 cm³/mol. The number of rotatable bonds is 10. The van der Waals surface area contributed by atoms with Gasteiger partial charge >= 0.3 is 17.9 Å². The Morgan fingerprint density at radius 3 is 2.31 bits per heavy atom. The van der Waals surface area contributed by atoms with E-state index in [9.17, 15) is 50.1 Å². The Balaban J connectivity index is 1.81. The molecular formula is C25H28O14. The van der Waals surface area contributed by atoms with Gasteiger partial charge in [-0.1, -0.05) is 12.1 Å². The Morgan fingerprint density at radius 2 is 1.69 bits per heavy atom. The number of hydrogen-bond donors (Lipinski definition) is 7. The fourth-order valence-corrected chi connectivity index (χ4v) is 3.91. The van der Waals surface area contributed by atoms with Crippen molar-refractivity contribution in [1.82, 2.24) is 0 Å². The van der Waals surface area contributed by atoms with Gasteiger partial charge in [-0.3, -0.25) is 4.79 Å². The molecule has 0 radical (unpaired) electrons. The van der Waals surface area contributed by atoms with Gasteiger partial charge in [-0.05, 0) is 29.8 Å². The summed E-state index contributed by atoms with van der Waals surface area (Å²) in [6.07, 6.45) is -6.07. The summed E-state index contributed by atoms with van der Waals surface area (Å²) in [7, 11) is 0. The molecule has 212 valence electrons. The third-order valence-corrected chi connectivity index (χ3v) is 5.95. The summed E-state index contributed by atoms with van der Waals surface area (Å²) in [6.45, 7) is -1.20. The average molecular weight is 552 g/mol. The Labute approximate surface area is 221 Å². The molecule has 0 saturated carbocycles. The molecule has 7 N–H and O–H groups in total. The minimum atomic E-state index is -1.82. The van der Waals surface area contributed by atoms with E-state index in [2.05, 4.69) is 0 Å². The van der Waals surface area contributed by atoms with Gasteiger partial charge in [0.05, 0.1) is 24.9 Å². The Hall–Kier alpha value is -3.79. The number of carboxylic acid groups (broad SMARTS) is 2. The van der Waals surface area contributed by atoms with Crippen molar-refractivity contribution in [2.75, 3.05) is 13.2 Å². The van der Waals surface area contributed by atoms with E-state index in [0.717, 1.165) is 12.3 Å². The van der Waals surface area contributed by atoms with E-state index >= 15 is 0 Å². The number of aliphatic hydroxyl groups excluding tert-OH is 4. The van der Waals surface area contributed by atoms with Gasteiger partial charge < -0.3 is 54.7 Å². The predicted octanol–water partition coefficient (Wildman–Crippen LogP) is -0.893. The van der Waals surface area contributed by atoms with Crippen LogP contribution >= 0.6 is 0 Å². The molecule has 1 fully saturated rings. The van der Waals surface area contributed by atoms with E-state index in [1.54, 1.807) is 12.1 Å². The number of benzene rings is 1. The third-order valence-electron chi connectivity index (χ3n) is 5.95. The number of carbonyl (C=O) groups is 3. The number of hydrogen-bond acceptors (Lipinski definition) is 12. The van der Waals surface area contributed by atoms with Gasteiger partial charge in [0.1, 0.15) is 36.8 Å². The molecule has 1 aromatic rings. The first-order valence-electron chi connectivity index (χ1n) is 11.6.